The van der Waals surface area contributed by atoms with Gasteiger partial charge in [0.25, 0.3) is 0 Å². The Morgan fingerprint density at radius 1 is 1.20 bits per heavy atom. The lowest BCUT2D eigenvalue weighted by Gasteiger charge is -2.20. The molecule has 0 atom stereocenters. The van der Waals surface area contributed by atoms with E-state index in [0.717, 1.165) is 19.3 Å². The van der Waals surface area contributed by atoms with Crippen molar-refractivity contribution in [1.82, 2.24) is 0 Å². The van der Waals surface area contributed by atoms with Crippen LogP contribution in [0.25, 0.3) is 0 Å². The lowest BCUT2D eigenvalue weighted by atomic mass is 9.87. The van der Waals surface area contributed by atoms with Crippen LogP contribution >= 0.6 is 0 Å². The zero-order valence-corrected chi connectivity index (χ0v) is 9.71. The highest BCUT2D eigenvalue weighted by molar-refractivity contribution is 5.75. The van der Waals surface area contributed by atoms with Crippen LogP contribution in [0.5, 0.6) is 0 Å². The van der Waals surface area contributed by atoms with Crippen LogP contribution in [0.2, 0.25) is 0 Å². The maximum Gasteiger partial charge on any atom is 0.311 e. The Hall–Kier alpha value is -1.06. The molecule has 0 fully saturated rings. The van der Waals surface area contributed by atoms with Gasteiger partial charge >= 0.3 is 11.9 Å². The third kappa shape index (κ3) is 6.10. The van der Waals surface area contributed by atoms with Gasteiger partial charge in [0.2, 0.25) is 0 Å². The van der Waals surface area contributed by atoms with E-state index in [9.17, 15) is 9.59 Å². The van der Waals surface area contributed by atoms with Crippen molar-refractivity contribution in [3.05, 3.63) is 0 Å². The van der Waals surface area contributed by atoms with Crippen molar-refractivity contribution in [3.8, 4) is 0 Å². The molecule has 15 heavy (non-hydrogen) atoms. The fraction of sp³-hybridized carbons (Fsp3) is 0.818. The minimum absolute atomic E-state index is 0.207. The van der Waals surface area contributed by atoms with Crippen molar-refractivity contribution in [3.63, 3.8) is 0 Å². The molecule has 1 N–H and O–H groups in total. The van der Waals surface area contributed by atoms with Crippen molar-refractivity contribution in [2.24, 2.45) is 5.41 Å². The molecule has 0 heterocycles. The number of ether oxygens (including phenoxy) is 1. The molecular formula is C11H20O4. The van der Waals surface area contributed by atoms with E-state index in [2.05, 4.69) is 4.74 Å². The number of rotatable bonds is 7. The second-order valence-corrected chi connectivity index (χ2v) is 4.33. The van der Waals surface area contributed by atoms with E-state index in [0.29, 0.717) is 6.42 Å². The number of carboxylic acids is 1. The van der Waals surface area contributed by atoms with Crippen LogP contribution in [0.4, 0.5) is 0 Å². The molecule has 0 rings (SSSR count). The van der Waals surface area contributed by atoms with E-state index in [4.69, 9.17) is 5.11 Å². The molecule has 4 heteroatoms. The van der Waals surface area contributed by atoms with E-state index >= 15 is 0 Å². The highest BCUT2D eigenvalue weighted by Crippen LogP contribution is 2.25. The quantitative estimate of drug-likeness (QED) is 0.523. The molecule has 0 unspecified atom stereocenters. The minimum atomic E-state index is -0.762. The maximum atomic E-state index is 11.3. The Balaban J connectivity index is 3.66. The van der Waals surface area contributed by atoms with Crippen molar-refractivity contribution in [1.29, 1.82) is 0 Å². The maximum absolute atomic E-state index is 11.3. The first kappa shape index (κ1) is 13.9. The highest BCUT2D eigenvalue weighted by atomic mass is 16.5. The molecule has 0 spiro atoms. The Bertz CT molecular complexity index is 221. The smallest absolute Gasteiger partial charge is 0.311 e. The predicted octanol–water partition coefficient (Wildman–Crippen LogP) is 2.22. The topological polar surface area (TPSA) is 63.6 Å². The normalized spacial score (nSPS) is 11.1. The largest absolute Gasteiger partial charge is 0.481 e. The third-order valence-corrected chi connectivity index (χ3v) is 2.43. The zero-order chi connectivity index (χ0) is 11.9. The van der Waals surface area contributed by atoms with E-state index in [-0.39, 0.29) is 12.4 Å². The highest BCUT2D eigenvalue weighted by Gasteiger charge is 2.27. The van der Waals surface area contributed by atoms with Crippen LogP contribution in [0.3, 0.4) is 0 Å². The first-order chi connectivity index (χ1) is 6.90. The lowest BCUT2D eigenvalue weighted by Crippen LogP contribution is -2.25. The van der Waals surface area contributed by atoms with Crippen LogP contribution in [0, 0.1) is 5.41 Å². The van der Waals surface area contributed by atoms with Gasteiger partial charge in [-0.1, -0.05) is 12.8 Å². The zero-order valence-electron chi connectivity index (χ0n) is 9.71. The number of hydrogen-bond acceptors (Lipinski definition) is 3. The molecule has 0 aromatic rings. The number of unbranched alkanes of at least 4 members (excludes halogenated alkanes) is 2. The van der Waals surface area contributed by atoms with Crippen molar-refractivity contribution in [2.45, 2.75) is 46.0 Å². The van der Waals surface area contributed by atoms with Gasteiger partial charge in [-0.3, -0.25) is 9.59 Å². The monoisotopic (exact) mass is 216 g/mol. The molecule has 0 saturated heterocycles. The van der Waals surface area contributed by atoms with Crippen LogP contribution in [-0.2, 0) is 14.3 Å². The molecule has 0 aliphatic rings. The summed E-state index contributed by atoms with van der Waals surface area (Å²) < 4.78 is 4.68. The number of methoxy groups -OCH3 is 1. The summed E-state index contributed by atoms with van der Waals surface area (Å²) in [5, 5.41) is 8.42. The standard InChI is InChI=1S/C11H20O4/c1-11(2,10(14)15-3)8-6-4-5-7-9(12)13/h4-8H2,1-3H3,(H,12,13). The molecular weight excluding hydrogens is 196 g/mol. The summed E-state index contributed by atoms with van der Waals surface area (Å²) in [6, 6.07) is 0. The van der Waals surface area contributed by atoms with Crippen LogP contribution in [-0.4, -0.2) is 24.2 Å². The molecule has 88 valence electrons. The minimum Gasteiger partial charge on any atom is -0.481 e. The number of carbonyl (C=O) groups is 2. The van der Waals surface area contributed by atoms with Gasteiger partial charge in [-0.25, -0.2) is 0 Å². The summed E-state index contributed by atoms with van der Waals surface area (Å²) >= 11 is 0. The average Bonchev–Trinajstić information content (AvgIpc) is 2.15. The first-order valence-corrected chi connectivity index (χ1v) is 5.20. The van der Waals surface area contributed by atoms with Crippen LogP contribution < -0.4 is 0 Å². The lowest BCUT2D eigenvalue weighted by molar-refractivity contribution is -0.151. The van der Waals surface area contributed by atoms with Gasteiger partial charge in [0.1, 0.15) is 0 Å². The first-order valence-electron chi connectivity index (χ1n) is 5.20. The summed E-state index contributed by atoms with van der Waals surface area (Å²) in [5.41, 5.74) is -0.460. The van der Waals surface area contributed by atoms with Gasteiger partial charge < -0.3 is 9.84 Å². The van der Waals surface area contributed by atoms with Gasteiger partial charge in [-0.2, -0.15) is 0 Å². The van der Waals surface area contributed by atoms with E-state index in [1.807, 2.05) is 13.8 Å². The fourth-order valence-corrected chi connectivity index (χ4v) is 1.40. The molecule has 0 aromatic carbocycles. The second kappa shape index (κ2) is 6.43. The Labute approximate surface area is 90.6 Å². The number of hydrogen-bond donors (Lipinski definition) is 1. The summed E-state index contributed by atoms with van der Waals surface area (Å²) in [7, 11) is 1.38. The number of carboxylic acid groups (broad SMARTS) is 1. The van der Waals surface area contributed by atoms with Crippen LogP contribution in [0.1, 0.15) is 46.0 Å². The van der Waals surface area contributed by atoms with Gasteiger partial charge in [0, 0.05) is 6.42 Å². The van der Waals surface area contributed by atoms with Crippen molar-refractivity contribution in [2.75, 3.05) is 7.11 Å². The SMILES string of the molecule is COC(=O)C(C)(C)CCCCCC(=O)O. The summed E-state index contributed by atoms with van der Waals surface area (Å²) in [6.45, 7) is 3.69. The van der Waals surface area contributed by atoms with Crippen LogP contribution in [0.15, 0.2) is 0 Å². The van der Waals surface area contributed by atoms with Gasteiger partial charge in [-0.15, -0.1) is 0 Å². The van der Waals surface area contributed by atoms with Gasteiger partial charge in [0.05, 0.1) is 12.5 Å². The molecule has 0 saturated carbocycles. The van der Waals surface area contributed by atoms with E-state index in [1.54, 1.807) is 0 Å². The molecule has 0 aliphatic heterocycles. The second-order valence-electron chi connectivity index (χ2n) is 4.33. The predicted molar refractivity (Wildman–Crippen MR) is 56.5 cm³/mol. The molecule has 0 amide bonds. The molecule has 4 nitrogen and oxygen atoms in total. The van der Waals surface area contributed by atoms with E-state index in [1.165, 1.54) is 7.11 Å². The van der Waals surface area contributed by atoms with Gasteiger partial charge in [0.15, 0.2) is 0 Å². The number of carbonyl (C=O) groups excluding carboxylic acids is 1. The third-order valence-electron chi connectivity index (χ3n) is 2.43. The average molecular weight is 216 g/mol. The molecule has 0 bridgehead atoms. The molecule has 0 radical (unpaired) electrons. The van der Waals surface area contributed by atoms with E-state index < -0.39 is 11.4 Å². The summed E-state index contributed by atoms with van der Waals surface area (Å²) in [4.78, 5) is 21.5. The number of aliphatic carboxylic acids is 1. The summed E-state index contributed by atoms with van der Waals surface area (Å²) in [5.74, 6) is -0.969. The van der Waals surface area contributed by atoms with Crippen molar-refractivity contribution < 1.29 is 19.4 Å². The fourth-order valence-electron chi connectivity index (χ4n) is 1.40. The Kier molecular flexibility index (Phi) is 5.97. The van der Waals surface area contributed by atoms with Gasteiger partial charge in [-0.05, 0) is 26.7 Å². The molecule has 0 aliphatic carbocycles. The summed E-state index contributed by atoms with van der Waals surface area (Å²) in [6.07, 6.45) is 3.31. The van der Waals surface area contributed by atoms with Crippen molar-refractivity contribution >= 4 is 11.9 Å². The Morgan fingerprint density at radius 2 is 1.80 bits per heavy atom. The number of esters is 1. The molecule has 0 aromatic heterocycles. The Morgan fingerprint density at radius 3 is 2.27 bits per heavy atom.